The van der Waals surface area contributed by atoms with Gasteiger partial charge >= 0.3 is 0 Å². The van der Waals surface area contributed by atoms with Crippen LogP contribution in [-0.2, 0) is 9.16 Å². The van der Waals surface area contributed by atoms with Crippen LogP contribution in [0.5, 0.6) is 0 Å². The van der Waals surface area contributed by atoms with Gasteiger partial charge in [-0.3, -0.25) is 0 Å². The van der Waals surface area contributed by atoms with Crippen molar-refractivity contribution < 1.29 is 9.16 Å². The monoisotopic (exact) mass is 90.0 g/mol. The van der Waals surface area contributed by atoms with Crippen molar-refractivity contribution in [3.63, 3.8) is 0 Å². The maximum absolute atomic E-state index is 4.86. The molecule has 0 radical (unpaired) electrons. The van der Waals surface area contributed by atoms with Gasteiger partial charge in [0.15, 0.2) is 9.76 Å². The first-order valence-electron chi connectivity index (χ1n) is 1.65. The molecule has 1 aliphatic rings. The minimum absolute atomic E-state index is 0.179. The van der Waals surface area contributed by atoms with Crippen molar-refractivity contribution >= 4 is 9.76 Å². The van der Waals surface area contributed by atoms with Gasteiger partial charge in [0.2, 0.25) is 0 Å². The molecule has 0 aromatic carbocycles. The van der Waals surface area contributed by atoms with E-state index in [0.29, 0.717) is 6.79 Å². The highest BCUT2D eigenvalue weighted by Gasteiger charge is 1.95. The minimum atomic E-state index is -0.179. The zero-order valence-electron chi connectivity index (χ0n) is 2.94. The molecule has 1 heterocycles. The maximum atomic E-state index is 4.86. The van der Waals surface area contributed by atoms with Gasteiger partial charge in [0.1, 0.15) is 6.79 Å². The van der Waals surface area contributed by atoms with Crippen LogP contribution in [0.4, 0.5) is 0 Å². The summed E-state index contributed by atoms with van der Waals surface area (Å²) in [4.78, 5) is 0. The second kappa shape index (κ2) is 1.54. The fourth-order valence-electron chi connectivity index (χ4n) is 0.295. The molecule has 0 atom stereocenters. The van der Waals surface area contributed by atoms with Gasteiger partial charge in [0, 0.05) is 0 Å². The normalized spacial score (nSPS) is 28.8. The van der Waals surface area contributed by atoms with E-state index in [2.05, 4.69) is 0 Å². The first-order chi connectivity index (χ1) is 2.50. The van der Waals surface area contributed by atoms with E-state index in [9.17, 15) is 0 Å². The summed E-state index contributed by atoms with van der Waals surface area (Å²) in [5.41, 5.74) is 0. The van der Waals surface area contributed by atoms with Gasteiger partial charge in [-0.05, 0) is 0 Å². The number of hydrogen-bond acceptors (Lipinski definition) is 2. The second-order valence-corrected chi connectivity index (χ2v) is 2.16. The third-order valence-electron chi connectivity index (χ3n) is 0.539. The van der Waals surface area contributed by atoms with Gasteiger partial charge in [-0.15, -0.1) is 0 Å². The molecule has 30 valence electrons. The van der Waals surface area contributed by atoms with Gasteiger partial charge in [0.05, 0.1) is 6.23 Å². The van der Waals surface area contributed by atoms with Crippen molar-refractivity contribution in [2.24, 2.45) is 0 Å². The van der Waals surface area contributed by atoms with Crippen LogP contribution in [0.3, 0.4) is 0 Å². The zero-order chi connectivity index (χ0) is 3.54. The molecule has 1 aliphatic heterocycles. The van der Waals surface area contributed by atoms with Gasteiger partial charge in [-0.25, -0.2) is 0 Å². The summed E-state index contributed by atoms with van der Waals surface area (Å²) in [5.74, 6) is 0. The van der Waals surface area contributed by atoms with E-state index in [1.807, 2.05) is 0 Å². The first kappa shape index (κ1) is 3.33. The van der Waals surface area contributed by atoms with Crippen LogP contribution in [0.1, 0.15) is 0 Å². The van der Waals surface area contributed by atoms with E-state index in [4.69, 9.17) is 9.16 Å². The average Bonchev–Trinajstić information content (AvgIpc) is 1.76. The van der Waals surface area contributed by atoms with Crippen LogP contribution in [0, 0.1) is 0 Å². The van der Waals surface area contributed by atoms with Crippen molar-refractivity contribution in [2.75, 3.05) is 13.0 Å². The van der Waals surface area contributed by atoms with Gasteiger partial charge in [0.25, 0.3) is 0 Å². The molecule has 0 aromatic rings. The SMILES string of the molecule is C1OC[SiH2]O1. The van der Waals surface area contributed by atoms with Crippen LogP contribution in [0.15, 0.2) is 0 Å². The third kappa shape index (κ3) is 0.716. The highest BCUT2D eigenvalue weighted by atomic mass is 28.2. The molecule has 0 aromatic heterocycles. The smallest absolute Gasteiger partial charge is 0.190 e. The number of rotatable bonds is 0. The van der Waals surface area contributed by atoms with Crippen molar-refractivity contribution in [3.8, 4) is 0 Å². The Kier molecular flexibility index (Phi) is 1.03. The summed E-state index contributed by atoms with van der Waals surface area (Å²) in [6.07, 6.45) is 0.917. The molecule has 0 amide bonds. The zero-order valence-corrected chi connectivity index (χ0v) is 4.35. The van der Waals surface area contributed by atoms with Crippen LogP contribution in [0.2, 0.25) is 0 Å². The molecular weight excluding hydrogens is 84.1 g/mol. The molecule has 1 rings (SSSR count). The predicted octanol–water partition coefficient (Wildman–Crippen LogP) is -0.968. The van der Waals surface area contributed by atoms with Crippen LogP contribution < -0.4 is 0 Å². The van der Waals surface area contributed by atoms with E-state index in [1.54, 1.807) is 0 Å². The molecule has 0 saturated carbocycles. The second-order valence-electron chi connectivity index (χ2n) is 0.934. The van der Waals surface area contributed by atoms with Gasteiger partial charge in [-0.2, -0.15) is 0 Å². The fourth-order valence-corrected chi connectivity index (χ4v) is 0.884. The van der Waals surface area contributed by atoms with Crippen molar-refractivity contribution in [3.05, 3.63) is 0 Å². The molecular formula is C2H6O2Si. The summed E-state index contributed by atoms with van der Waals surface area (Å²) in [6, 6.07) is 0. The lowest BCUT2D eigenvalue weighted by Crippen LogP contribution is -1.86. The molecule has 0 aliphatic carbocycles. The third-order valence-corrected chi connectivity index (χ3v) is 1.45. The van der Waals surface area contributed by atoms with Gasteiger partial charge in [-0.1, -0.05) is 0 Å². The lowest BCUT2D eigenvalue weighted by molar-refractivity contribution is 0.0916. The lowest BCUT2D eigenvalue weighted by Gasteiger charge is -1.77. The Morgan fingerprint density at radius 3 is 2.80 bits per heavy atom. The van der Waals surface area contributed by atoms with E-state index in [-0.39, 0.29) is 9.76 Å². The topological polar surface area (TPSA) is 18.5 Å². The van der Waals surface area contributed by atoms with Crippen molar-refractivity contribution in [1.82, 2.24) is 0 Å². The summed E-state index contributed by atoms with van der Waals surface area (Å²) >= 11 is 0. The predicted molar refractivity (Wildman–Crippen MR) is 20.4 cm³/mol. The van der Waals surface area contributed by atoms with Crippen LogP contribution >= 0.6 is 0 Å². The lowest BCUT2D eigenvalue weighted by atomic mass is 11.4. The molecule has 0 N–H and O–H groups in total. The van der Waals surface area contributed by atoms with E-state index < -0.39 is 0 Å². The van der Waals surface area contributed by atoms with Crippen molar-refractivity contribution in [2.45, 2.75) is 0 Å². The highest BCUT2D eigenvalue weighted by Crippen LogP contribution is 1.82. The standard InChI is InChI=1S/C2H6O2Si/c1-3-2-5-4-1/h1-2,5H2. The summed E-state index contributed by atoms with van der Waals surface area (Å²) in [5, 5.41) is 0. The van der Waals surface area contributed by atoms with E-state index in [1.165, 1.54) is 0 Å². The molecule has 3 heteroatoms. The molecule has 0 unspecified atom stereocenters. The van der Waals surface area contributed by atoms with E-state index in [0.717, 1.165) is 6.23 Å². The molecule has 1 saturated heterocycles. The average molecular weight is 90.2 g/mol. The van der Waals surface area contributed by atoms with Crippen LogP contribution in [0.25, 0.3) is 0 Å². The Bertz CT molecular complexity index is 19.2. The quantitative estimate of drug-likeness (QED) is 0.356. The molecule has 2 nitrogen and oxygen atoms in total. The molecule has 0 bridgehead atoms. The fraction of sp³-hybridized carbons (Fsp3) is 1.00. The summed E-state index contributed by atoms with van der Waals surface area (Å²) in [7, 11) is -0.179. The Morgan fingerprint density at radius 1 is 1.60 bits per heavy atom. The molecule has 5 heavy (non-hydrogen) atoms. The number of ether oxygens (including phenoxy) is 1. The molecule has 0 spiro atoms. The Balaban J connectivity index is 2.08. The Labute approximate surface area is 33.0 Å². The van der Waals surface area contributed by atoms with E-state index >= 15 is 0 Å². The summed E-state index contributed by atoms with van der Waals surface area (Å²) < 4.78 is 9.65. The molecule has 1 fully saturated rings. The highest BCUT2D eigenvalue weighted by molar-refractivity contribution is 6.27. The Morgan fingerprint density at radius 2 is 2.60 bits per heavy atom. The maximum Gasteiger partial charge on any atom is 0.190 e. The minimum Gasteiger partial charge on any atom is -0.400 e. The van der Waals surface area contributed by atoms with Gasteiger partial charge < -0.3 is 9.16 Å². The Hall–Kier alpha value is 0.137. The van der Waals surface area contributed by atoms with Crippen molar-refractivity contribution in [1.29, 1.82) is 0 Å². The van der Waals surface area contributed by atoms with Crippen LogP contribution in [-0.4, -0.2) is 22.8 Å². The summed E-state index contributed by atoms with van der Waals surface area (Å²) in [6.45, 7) is 0.562. The largest absolute Gasteiger partial charge is 0.400 e. The number of hydrogen-bond donors (Lipinski definition) is 0. The first-order valence-corrected chi connectivity index (χ1v) is 3.23.